The Kier molecular flexibility index (Phi) is 5.83. The van der Waals surface area contributed by atoms with Gasteiger partial charge in [0.15, 0.2) is 0 Å². The van der Waals surface area contributed by atoms with Crippen LogP contribution in [0.25, 0.3) is 0 Å². The van der Waals surface area contributed by atoms with Crippen molar-refractivity contribution in [2.24, 2.45) is 5.92 Å². The maximum absolute atomic E-state index is 11.8. The zero-order valence-corrected chi connectivity index (χ0v) is 15.4. The minimum absolute atomic E-state index is 0.0140. The van der Waals surface area contributed by atoms with E-state index in [4.69, 9.17) is 0 Å². The molecule has 1 aliphatic heterocycles. The number of nitrogens with one attached hydrogen (secondary N) is 1. The Hall–Kier alpha value is -2.47. The van der Waals surface area contributed by atoms with Crippen molar-refractivity contribution >= 4 is 11.9 Å². The van der Waals surface area contributed by atoms with Crippen LogP contribution in [-0.2, 0) is 11.3 Å². The monoisotopic (exact) mass is 354 g/mol. The number of aromatic nitrogens is 2. The number of benzene rings is 1. The van der Waals surface area contributed by atoms with Crippen LogP contribution in [0.2, 0.25) is 0 Å². The number of hydrogen-bond acceptors (Lipinski definition) is 5. The van der Waals surface area contributed by atoms with E-state index >= 15 is 0 Å². The van der Waals surface area contributed by atoms with Gasteiger partial charge in [-0.15, -0.1) is 0 Å². The van der Waals surface area contributed by atoms with Crippen molar-refractivity contribution in [2.75, 3.05) is 25.0 Å². The number of carbonyl (C=O) groups is 1. The molecule has 2 atom stereocenters. The lowest BCUT2D eigenvalue weighted by Gasteiger charge is -2.18. The molecule has 0 bridgehead atoms. The predicted molar refractivity (Wildman–Crippen MR) is 101 cm³/mol. The van der Waals surface area contributed by atoms with E-state index < -0.39 is 5.97 Å². The molecular formula is C20H26N4O2. The second-order valence-corrected chi connectivity index (χ2v) is 6.94. The number of likely N-dealkylation sites (tertiary alicyclic amines) is 1. The van der Waals surface area contributed by atoms with E-state index in [9.17, 15) is 9.90 Å². The minimum Gasteiger partial charge on any atom is -0.481 e. The molecule has 0 amide bonds. The summed E-state index contributed by atoms with van der Waals surface area (Å²) in [6.07, 6.45) is 4.67. The number of hydrogen-bond donors (Lipinski definition) is 2. The average Bonchev–Trinajstić information content (AvgIpc) is 3.05. The highest BCUT2D eigenvalue weighted by Gasteiger charge is 2.38. The Labute approximate surface area is 154 Å². The molecule has 1 aliphatic rings. The second kappa shape index (κ2) is 8.27. The van der Waals surface area contributed by atoms with Gasteiger partial charge in [0.2, 0.25) is 5.95 Å². The number of carboxylic acid groups (broad SMARTS) is 1. The molecular weight excluding hydrogens is 328 g/mol. The average molecular weight is 354 g/mol. The summed E-state index contributed by atoms with van der Waals surface area (Å²) in [4.78, 5) is 22.6. The lowest BCUT2D eigenvalue weighted by atomic mass is 9.86. The Morgan fingerprint density at radius 2 is 2.00 bits per heavy atom. The Balaban J connectivity index is 1.70. The standard InChI is InChI=1S/C20H26N4O2/c1-3-8-21-20-22-9-15(10-23-20)11-24-12-17(18(13-24)19(25)26)16-7-5-4-6-14(16)2/h4-7,9-10,17-18H,3,8,11-13H2,1-2H3,(H,25,26)(H,21,22,23). The number of aliphatic carboxylic acids is 1. The fourth-order valence-corrected chi connectivity index (χ4v) is 3.61. The number of aryl methyl sites for hydroxylation is 1. The molecule has 0 radical (unpaired) electrons. The van der Waals surface area contributed by atoms with Gasteiger partial charge in [-0.25, -0.2) is 9.97 Å². The van der Waals surface area contributed by atoms with Crippen LogP contribution in [0.15, 0.2) is 36.7 Å². The Bertz CT molecular complexity index is 748. The molecule has 2 unspecified atom stereocenters. The van der Waals surface area contributed by atoms with Crippen molar-refractivity contribution in [3.8, 4) is 0 Å². The van der Waals surface area contributed by atoms with Gasteiger partial charge in [0.25, 0.3) is 0 Å². The summed E-state index contributed by atoms with van der Waals surface area (Å²) < 4.78 is 0. The molecule has 6 heteroatoms. The first kappa shape index (κ1) is 18.3. The first-order chi connectivity index (χ1) is 12.6. The fourth-order valence-electron chi connectivity index (χ4n) is 3.61. The molecule has 0 aliphatic carbocycles. The molecule has 26 heavy (non-hydrogen) atoms. The summed E-state index contributed by atoms with van der Waals surface area (Å²) in [6, 6.07) is 8.08. The third-order valence-electron chi connectivity index (χ3n) is 4.95. The molecule has 6 nitrogen and oxygen atoms in total. The third-order valence-corrected chi connectivity index (χ3v) is 4.95. The number of rotatable bonds is 7. The van der Waals surface area contributed by atoms with Crippen LogP contribution < -0.4 is 5.32 Å². The molecule has 2 aromatic rings. The van der Waals surface area contributed by atoms with E-state index in [1.807, 2.05) is 37.5 Å². The van der Waals surface area contributed by atoms with Crippen LogP contribution in [0.3, 0.4) is 0 Å². The lowest BCUT2D eigenvalue weighted by molar-refractivity contribution is -0.141. The topological polar surface area (TPSA) is 78.4 Å². The number of nitrogens with zero attached hydrogens (tertiary/aromatic N) is 3. The van der Waals surface area contributed by atoms with E-state index in [2.05, 4.69) is 33.2 Å². The van der Waals surface area contributed by atoms with Gasteiger partial charge in [0.05, 0.1) is 5.92 Å². The van der Waals surface area contributed by atoms with Crippen molar-refractivity contribution in [3.05, 3.63) is 53.3 Å². The van der Waals surface area contributed by atoms with Gasteiger partial charge in [0.1, 0.15) is 0 Å². The molecule has 1 aromatic heterocycles. The SMILES string of the molecule is CCCNc1ncc(CN2CC(C(=O)O)C(c3ccccc3C)C2)cn1. The number of anilines is 1. The highest BCUT2D eigenvalue weighted by molar-refractivity contribution is 5.72. The predicted octanol–water partition coefficient (Wildman–Crippen LogP) is 2.91. The van der Waals surface area contributed by atoms with E-state index in [0.29, 0.717) is 19.0 Å². The summed E-state index contributed by atoms with van der Waals surface area (Å²) in [6.45, 7) is 6.94. The quantitative estimate of drug-likeness (QED) is 0.796. The summed E-state index contributed by atoms with van der Waals surface area (Å²) in [5, 5.41) is 12.8. The largest absolute Gasteiger partial charge is 0.481 e. The molecule has 3 rings (SSSR count). The summed E-state index contributed by atoms with van der Waals surface area (Å²) in [7, 11) is 0. The van der Waals surface area contributed by atoms with Crippen molar-refractivity contribution in [1.29, 1.82) is 0 Å². The molecule has 2 heterocycles. The van der Waals surface area contributed by atoms with Crippen molar-refractivity contribution in [1.82, 2.24) is 14.9 Å². The highest BCUT2D eigenvalue weighted by atomic mass is 16.4. The summed E-state index contributed by atoms with van der Waals surface area (Å²) in [5.74, 6) is -0.461. The van der Waals surface area contributed by atoms with Gasteiger partial charge >= 0.3 is 5.97 Å². The van der Waals surface area contributed by atoms with E-state index in [1.165, 1.54) is 0 Å². The maximum Gasteiger partial charge on any atom is 0.308 e. The first-order valence-corrected chi connectivity index (χ1v) is 9.14. The summed E-state index contributed by atoms with van der Waals surface area (Å²) in [5.41, 5.74) is 3.29. The zero-order valence-electron chi connectivity index (χ0n) is 15.4. The van der Waals surface area contributed by atoms with Crippen LogP contribution in [0.1, 0.15) is 36.0 Å². The van der Waals surface area contributed by atoms with Crippen LogP contribution in [0, 0.1) is 12.8 Å². The third kappa shape index (κ3) is 4.19. The zero-order chi connectivity index (χ0) is 18.5. The van der Waals surface area contributed by atoms with Crippen molar-refractivity contribution in [2.45, 2.75) is 32.7 Å². The fraction of sp³-hybridized carbons (Fsp3) is 0.450. The van der Waals surface area contributed by atoms with Gasteiger partial charge < -0.3 is 10.4 Å². The normalized spacial score (nSPS) is 20.2. The van der Waals surface area contributed by atoms with Gasteiger partial charge in [-0.3, -0.25) is 9.69 Å². The van der Waals surface area contributed by atoms with E-state index in [-0.39, 0.29) is 11.8 Å². The Morgan fingerprint density at radius 3 is 2.65 bits per heavy atom. The van der Waals surface area contributed by atoms with Gasteiger partial charge in [-0.05, 0) is 24.5 Å². The minimum atomic E-state index is -0.726. The Morgan fingerprint density at radius 1 is 1.27 bits per heavy atom. The van der Waals surface area contributed by atoms with Crippen LogP contribution in [-0.4, -0.2) is 45.6 Å². The van der Waals surface area contributed by atoms with Crippen LogP contribution in [0.4, 0.5) is 5.95 Å². The first-order valence-electron chi connectivity index (χ1n) is 9.14. The molecule has 0 saturated carbocycles. The molecule has 1 fully saturated rings. The molecule has 2 N–H and O–H groups in total. The van der Waals surface area contributed by atoms with Gasteiger partial charge in [0, 0.05) is 50.1 Å². The van der Waals surface area contributed by atoms with Crippen LogP contribution >= 0.6 is 0 Å². The van der Waals surface area contributed by atoms with E-state index in [1.54, 1.807) is 0 Å². The van der Waals surface area contributed by atoms with E-state index in [0.717, 1.165) is 36.2 Å². The van der Waals surface area contributed by atoms with Gasteiger partial charge in [-0.1, -0.05) is 31.2 Å². The van der Waals surface area contributed by atoms with Gasteiger partial charge in [-0.2, -0.15) is 0 Å². The molecule has 0 spiro atoms. The molecule has 138 valence electrons. The lowest BCUT2D eigenvalue weighted by Crippen LogP contribution is -2.23. The molecule has 1 aromatic carbocycles. The highest BCUT2D eigenvalue weighted by Crippen LogP contribution is 2.35. The maximum atomic E-state index is 11.8. The van der Waals surface area contributed by atoms with Crippen molar-refractivity contribution < 1.29 is 9.90 Å². The number of carboxylic acids is 1. The second-order valence-electron chi connectivity index (χ2n) is 6.94. The van der Waals surface area contributed by atoms with Crippen molar-refractivity contribution in [3.63, 3.8) is 0 Å². The summed E-state index contributed by atoms with van der Waals surface area (Å²) >= 11 is 0. The smallest absolute Gasteiger partial charge is 0.308 e. The van der Waals surface area contributed by atoms with Crippen LogP contribution in [0.5, 0.6) is 0 Å². The molecule has 1 saturated heterocycles.